The number of ketones is 2. The van der Waals surface area contributed by atoms with Crippen LogP contribution >= 0.6 is 55.4 Å². The Kier molecular flexibility index (Phi) is 4.07. The first-order valence-corrected chi connectivity index (χ1v) is 10.4. The predicted molar refractivity (Wildman–Crippen MR) is 105 cm³/mol. The van der Waals surface area contributed by atoms with Crippen LogP contribution < -0.4 is 0 Å². The van der Waals surface area contributed by atoms with E-state index >= 15 is 0 Å². The van der Waals surface area contributed by atoms with Crippen molar-refractivity contribution in [3.63, 3.8) is 0 Å². The molecule has 0 N–H and O–H groups in total. The molecule has 120 valence electrons. The molecule has 6 heteroatoms. The summed E-state index contributed by atoms with van der Waals surface area (Å²) >= 11 is 9.75. The third kappa shape index (κ3) is 2.46. The Balaban J connectivity index is 1.86. The summed E-state index contributed by atoms with van der Waals surface area (Å²) < 4.78 is 1.89. The van der Waals surface area contributed by atoms with Crippen molar-refractivity contribution in [2.75, 3.05) is 0 Å². The normalized spacial score (nSPS) is 19.0. The fraction of sp³-hybridized carbons (Fsp3) is 0.111. The SMILES string of the molecule is Cc1cc(Br)cc2c1C(=O)/C(=C1/Sc3cc(Br)cc(C)c3C1=O)S2. The second kappa shape index (κ2) is 5.87. The summed E-state index contributed by atoms with van der Waals surface area (Å²) in [6, 6.07) is 7.75. The Morgan fingerprint density at radius 3 is 1.46 bits per heavy atom. The predicted octanol–water partition coefficient (Wildman–Crippen LogP) is 6.32. The molecule has 24 heavy (non-hydrogen) atoms. The smallest absolute Gasteiger partial charge is 0.202 e. The first-order valence-electron chi connectivity index (χ1n) is 7.16. The van der Waals surface area contributed by atoms with Gasteiger partial charge in [0.25, 0.3) is 0 Å². The van der Waals surface area contributed by atoms with Crippen LogP contribution in [0.5, 0.6) is 0 Å². The van der Waals surface area contributed by atoms with Crippen molar-refractivity contribution in [2.45, 2.75) is 23.6 Å². The van der Waals surface area contributed by atoms with Gasteiger partial charge in [-0.1, -0.05) is 55.4 Å². The van der Waals surface area contributed by atoms with Gasteiger partial charge in [-0.15, -0.1) is 0 Å². The molecule has 2 heterocycles. The van der Waals surface area contributed by atoms with Crippen molar-refractivity contribution in [1.82, 2.24) is 0 Å². The molecule has 2 aliphatic rings. The van der Waals surface area contributed by atoms with E-state index in [0.29, 0.717) is 20.9 Å². The van der Waals surface area contributed by atoms with Gasteiger partial charge >= 0.3 is 0 Å². The molecular weight excluding hydrogens is 472 g/mol. The van der Waals surface area contributed by atoms with Gasteiger partial charge in [0.15, 0.2) is 0 Å². The van der Waals surface area contributed by atoms with E-state index in [0.717, 1.165) is 29.9 Å². The maximum absolute atomic E-state index is 12.9. The highest BCUT2D eigenvalue weighted by Gasteiger charge is 2.37. The van der Waals surface area contributed by atoms with Gasteiger partial charge in [-0.3, -0.25) is 9.59 Å². The molecule has 4 rings (SSSR count). The summed E-state index contributed by atoms with van der Waals surface area (Å²) in [5, 5.41) is 0. The highest BCUT2D eigenvalue weighted by Crippen LogP contribution is 2.51. The lowest BCUT2D eigenvalue weighted by molar-refractivity contribution is 0.101. The molecule has 2 aromatic carbocycles. The molecule has 0 amide bonds. The summed E-state index contributed by atoms with van der Waals surface area (Å²) in [7, 11) is 0. The molecule has 0 fully saturated rings. The fourth-order valence-corrected chi connectivity index (χ4v) is 6.99. The molecule has 0 aromatic heterocycles. The molecular formula is C18H10Br2O2S2. The molecule has 0 saturated carbocycles. The van der Waals surface area contributed by atoms with Gasteiger partial charge in [-0.25, -0.2) is 0 Å². The van der Waals surface area contributed by atoms with E-state index in [1.807, 2.05) is 38.1 Å². The lowest BCUT2D eigenvalue weighted by Gasteiger charge is -2.01. The van der Waals surface area contributed by atoms with Crippen LogP contribution in [0.15, 0.2) is 52.8 Å². The van der Waals surface area contributed by atoms with Gasteiger partial charge in [0.1, 0.15) is 0 Å². The van der Waals surface area contributed by atoms with E-state index in [2.05, 4.69) is 31.9 Å². The number of Topliss-reactive ketones (excluding diaryl/α,β-unsaturated/α-hetero) is 2. The number of allylic oxidation sites excluding steroid dienone is 2. The van der Waals surface area contributed by atoms with Crippen molar-refractivity contribution in [2.24, 2.45) is 0 Å². The van der Waals surface area contributed by atoms with Crippen LogP contribution in [-0.2, 0) is 0 Å². The molecule has 0 spiro atoms. The molecule has 0 radical (unpaired) electrons. The topological polar surface area (TPSA) is 34.1 Å². The standard InChI is InChI=1S/C18H10Br2O2S2/c1-7-3-9(19)5-11-13(7)15(21)17(23-11)18-16(22)14-8(2)4-10(20)6-12(14)24-18/h3-6H,1-2H3/b18-17-. The second-order valence-corrected chi connectivity index (χ2v) is 9.65. The van der Waals surface area contributed by atoms with Crippen LogP contribution in [0.1, 0.15) is 31.8 Å². The number of hydrogen-bond donors (Lipinski definition) is 0. The maximum atomic E-state index is 12.9. The number of benzene rings is 2. The van der Waals surface area contributed by atoms with Gasteiger partial charge in [-0.05, 0) is 49.2 Å². The van der Waals surface area contributed by atoms with Crippen molar-refractivity contribution in [3.05, 3.63) is 65.3 Å². The van der Waals surface area contributed by atoms with Crippen LogP contribution in [0.3, 0.4) is 0 Å². The average Bonchev–Trinajstić information content (AvgIpc) is 2.96. The van der Waals surface area contributed by atoms with E-state index in [1.165, 1.54) is 23.5 Å². The van der Waals surface area contributed by atoms with E-state index in [4.69, 9.17) is 0 Å². The lowest BCUT2D eigenvalue weighted by Crippen LogP contribution is -2.04. The van der Waals surface area contributed by atoms with Crippen LogP contribution in [0.25, 0.3) is 0 Å². The van der Waals surface area contributed by atoms with Crippen molar-refractivity contribution in [1.29, 1.82) is 0 Å². The maximum Gasteiger partial charge on any atom is 0.202 e. The quantitative estimate of drug-likeness (QED) is 0.412. The van der Waals surface area contributed by atoms with Crippen LogP contribution in [0.4, 0.5) is 0 Å². The molecule has 0 aliphatic carbocycles. The number of carbonyl (C=O) groups is 2. The molecule has 0 atom stereocenters. The second-order valence-electron chi connectivity index (χ2n) is 5.71. The monoisotopic (exact) mass is 480 g/mol. The van der Waals surface area contributed by atoms with Crippen molar-refractivity contribution < 1.29 is 9.59 Å². The van der Waals surface area contributed by atoms with Gasteiger partial charge in [-0.2, -0.15) is 0 Å². The number of hydrogen-bond acceptors (Lipinski definition) is 4. The zero-order chi connectivity index (χ0) is 17.2. The Labute approximate surface area is 164 Å². The van der Waals surface area contributed by atoms with Crippen LogP contribution in [0.2, 0.25) is 0 Å². The summed E-state index contributed by atoms with van der Waals surface area (Å²) in [4.78, 5) is 28.7. The van der Waals surface area contributed by atoms with E-state index in [-0.39, 0.29) is 11.6 Å². The number of fused-ring (bicyclic) bond motifs is 2. The largest absolute Gasteiger partial charge is 0.288 e. The van der Waals surface area contributed by atoms with Crippen molar-refractivity contribution >= 4 is 67.0 Å². The number of rotatable bonds is 0. The third-order valence-corrected chi connectivity index (χ3v) is 7.34. The van der Waals surface area contributed by atoms with E-state index in [1.54, 1.807) is 0 Å². The highest BCUT2D eigenvalue weighted by molar-refractivity contribution is 9.10. The summed E-state index contributed by atoms with van der Waals surface area (Å²) in [5.74, 6) is -0.0826. The molecule has 2 nitrogen and oxygen atoms in total. The molecule has 0 unspecified atom stereocenters. The average molecular weight is 482 g/mol. The minimum absolute atomic E-state index is 0.0413. The summed E-state index contributed by atoms with van der Waals surface area (Å²) in [6.07, 6.45) is 0. The molecule has 0 bridgehead atoms. The zero-order valence-corrected chi connectivity index (χ0v) is 17.5. The van der Waals surface area contributed by atoms with E-state index in [9.17, 15) is 9.59 Å². The number of halogens is 2. The molecule has 0 saturated heterocycles. The van der Waals surface area contributed by atoms with Crippen molar-refractivity contribution in [3.8, 4) is 0 Å². The Hall–Kier alpha value is -0.820. The van der Waals surface area contributed by atoms with Crippen LogP contribution in [-0.4, -0.2) is 11.6 Å². The first-order chi connectivity index (χ1) is 11.4. The van der Waals surface area contributed by atoms with Crippen LogP contribution in [0, 0.1) is 13.8 Å². The number of carbonyl (C=O) groups excluding carboxylic acids is 2. The van der Waals surface area contributed by atoms with Gasteiger partial charge in [0.2, 0.25) is 11.6 Å². The number of aryl methyl sites for hydroxylation is 2. The molecule has 2 aromatic rings. The van der Waals surface area contributed by atoms with Gasteiger partial charge in [0, 0.05) is 29.9 Å². The third-order valence-electron chi connectivity index (χ3n) is 4.03. The highest BCUT2D eigenvalue weighted by atomic mass is 79.9. The number of thioether (sulfide) groups is 2. The Morgan fingerprint density at radius 1 is 0.708 bits per heavy atom. The summed E-state index contributed by atoms with van der Waals surface area (Å²) in [6.45, 7) is 3.85. The van der Waals surface area contributed by atoms with Gasteiger partial charge in [0.05, 0.1) is 9.81 Å². The lowest BCUT2D eigenvalue weighted by atomic mass is 10.0. The zero-order valence-electron chi connectivity index (χ0n) is 12.7. The van der Waals surface area contributed by atoms with E-state index < -0.39 is 0 Å². The minimum atomic E-state index is -0.0413. The van der Waals surface area contributed by atoms with Gasteiger partial charge < -0.3 is 0 Å². The Morgan fingerprint density at radius 2 is 1.08 bits per heavy atom. The minimum Gasteiger partial charge on any atom is -0.288 e. The molecule has 2 aliphatic heterocycles. The Bertz CT molecular complexity index is 913. The summed E-state index contributed by atoms with van der Waals surface area (Å²) in [5.41, 5.74) is 3.29. The fourth-order valence-electron chi connectivity index (χ4n) is 3.01. The first kappa shape index (κ1) is 16.6.